The number of aryl methyl sites for hydroxylation is 1. The smallest absolute Gasteiger partial charge is 0.253 e. The van der Waals surface area contributed by atoms with Gasteiger partial charge in [0.25, 0.3) is 6.43 Å². The number of nitrogens with zero attached hydrogens (tertiary/aromatic N) is 3. The van der Waals surface area contributed by atoms with Gasteiger partial charge in [-0.3, -0.25) is 4.68 Å². The predicted octanol–water partition coefficient (Wildman–Crippen LogP) is 2.91. The summed E-state index contributed by atoms with van der Waals surface area (Å²) < 4.78 is 29.0. The Kier molecular flexibility index (Phi) is 5.49. The maximum Gasteiger partial charge on any atom is 0.253 e. The number of rotatable bonds is 5. The molecule has 1 aliphatic rings. The molecule has 2 aromatic heterocycles. The summed E-state index contributed by atoms with van der Waals surface area (Å²) in [7, 11) is 1.75. The molecule has 0 bridgehead atoms. The second kappa shape index (κ2) is 7.43. The van der Waals surface area contributed by atoms with Crippen molar-refractivity contribution >= 4 is 22.9 Å². The second-order valence-electron chi connectivity index (χ2n) is 6.06. The Bertz CT molecular complexity index is 693. The molecule has 3 atom stereocenters. The minimum absolute atomic E-state index is 0.0108. The number of piperidine rings is 1. The number of hydrogen-bond acceptors (Lipinski definition) is 5. The highest BCUT2D eigenvalue weighted by molar-refractivity contribution is 7.16. The Labute approximate surface area is 147 Å². The quantitative estimate of drug-likeness (QED) is 0.842. The third kappa shape index (κ3) is 3.77. The van der Waals surface area contributed by atoms with Crippen molar-refractivity contribution in [3.63, 3.8) is 0 Å². The van der Waals surface area contributed by atoms with E-state index in [1.807, 2.05) is 6.07 Å². The lowest BCUT2D eigenvalue weighted by molar-refractivity contribution is 0.0682. The third-order valence-electron chi connectivity index (χ3n) is 4.32. The Morgan fingerprint density at radius 1 is 1.50 bits per heavy atom. The zero-order chi connectivity index (χ0) is 17.3. The third-order valence-corrected chi connectivity index (χ3v) is 5.79. The zero-order valence-corrected chi connectivity index (χ0v) is 14.7. The molecule has 2 aromatic rings. The van der Waals surface area contributed by atoms with E-state index in [2.05, 4.69) is 15.6 Å². The van der Waals surface area contributed by atoms with Gasteiger partial charge < -0.3 is 10.4 Å². The number of nitrogens with one attached hydrogen (secondary N) is 1. The monoisotopic (exact) mass is 376 g/mol. The van der Waals surface area contributed by atoms with Crippen molar-refractivity contribution in [2.75, 3.05) is 6.61 Å². The Hall–Kier alpha value is -1.09. The van der Waals surface area contributed by atoms with E-state index in [-0.39, 0.29) is 18.6 Å². The van der Waals surface area contributed by atoms with Gasteiger partial charge in [-0.25, -0.2) is 8.78 Å². The molecule has 1 saturated heterocycles. The fourth-order valence-electron chi connectivity index (χ4n) is 3.27. The first kappa shape index (κ1) is 17.7. The van der Waals surface area contributed by atoms with Crippen LogP contribution in [0.1, 0.15) is 40.9 Å². The normalized spacial score (nSPS) is 24.7. The Morgan fingerprint density at radius 2 is 2.29 bits per heavy atom. The molecule has 24 heavy (non-hydrogen) atoms. The van der Waals surface area contributed by atoms with Crippen LogP contribution in [0, 0.1) is 0 Å². The molecule has 1 aliphatic heterocycles. The maximum absolute atomic E-state index is 13.4. The van der Waals surface area contributed by atoms with E-state index in [9.17, 15) is 13.9 Å². The molecule has 3 unspecified atom stereocenters. The number of aliphatic hydroxyl groups excluding tert-OH is 1. The van der Waals surface area contributed by atoms with Crippen molar-refractivity contribution in [3.8, 4) is 0 Å². The minimum atomic E-state index is -2.45. The minimum Gasteiger partial charge on any atom is -0.396 e. The topological polar surface area (TPSA) is 63.0 Å². The summed E-state index contributed by atoms with van der Waals surface area (Å²) in [5.74, 6) is -0.0451. The number of aromatic nitrogens is 3. The van der Waals surface area contributed by atoms with Crippen LogP contribution in [0.3, 0.4) is 0 Å². The van der Waals surface area contributed by atoms with Crippen LogP contribution < -0.4 is 5.32 Å². The van der Waals surface area contributed by atoms with Gasteiger partial charge in [0.2, 0.25) is 0 Å². The SMILES string of the molecule is Cn1cc(C2CC(c3sc(Cl)cc3CCO)CC(C(F)F)N2)nn1. The summed E-state index contributed by atoms with van der Waals surface area (Å²) in [4.78, 5) is 0.995. The number of halogens is 3. The van der Waals surface area contributed by atoms with Crippen molar-refractivity contribution in [2.24, 2.45) is 7.05 Å². The molecular formula is C15H19ClF2N4OS. The average molecular weight is 377 g/mol. The van der Waals surface area contributed by atoms with Crippen molar-refractivity contribution in [1.29, 1.82) is 0 Å². The van der Waals surface area contributed by atoms with Crippen molar-refractivity contribution in [3.05, 3.63) is 32.7 Å². The van der Waals surface area contributed by atoms with Gasteiger partial charge in [-0.1, -0.05) is 16.8 Å². The summed E-state index contributed by atoms with van der Waals surface area (Å²) in [6.45, 7) is 0.0108. The van der Waals surface area contributed by atoms with E-state index in [0.717, 1.165) is 10.4 Å². The van der Waals surface area contributed by atoms with Crippen molar-refractivity contribution < 1.29 is 13.9 Å². The first-order valence-electron chi connectivity index (χ1n) is 7.77. The van der Waals surface area contributed by atoms with Crippen LogP contribution in [0.15, 0.2) is 12.3 Å². The summed E-state index contributed by atoms with van der Waals surface area (Å²) >= 11 is 7.54. The van der Waals surface area contributed by atoms with Gasteiger partial charge in [0, 0.05) is 24.7 Å². The van der Waals surface area contributed by atoms with Gasteiger partial charge in [0.1, 0.15) is 0 Å². The van der Waals surface area contributed by atoms with Gasteiger partial charge in [-0.05, 0) is 36.8 Å². The van der Waals surface area contributed by atoms with Crippen LogP contribution in [-0.2, 0) is 13.5 Å². The van der Waals surface area contributed by atoms with E-state index in [1.54, 1.807) is 17.9 Å². The molecule has 9 heteroatoms. The predicted molar refractivity (Wildman–Crippen MR) is 88.8 cm³/mol. The highest BCUT2D eigenvalue weighted by atomic mass is 35.5. The summed E-state index contributed by atoms with van der Waals surface area (Å²) in [5, 5.41) is 20.2. The number of thiophene rings is 1. The fourth-order valence-corrected chi connectivity index (χ4v) is 4.72. The highest BCUT2D eigenvalue weighted by Gasteiger charge is 2.37. The van der Waals surface area contributed by atoms with Crippen LogP contribution in [0.2, 0.25) is 4.34 Å². The average Bonchev–Trinajstić information content (AvgIpc) is 3.13. The van der Waals surface area contributed by atoms with E-state index < -0.39 is 12.5 Å². The second-order valence-corrected chi connectivity index (χ2v) is 7.77. The first-order valence-corrected chi connectivity index (χ1v) is 8.96. The summed E-state index contributed by atoms with van der Waals surface area (Å²) in [6.07, 6.45) is 0.764. The largest absolute Gasteiger partial charge is 0.396 e. The molecular weight excluding hydrogens is 358 g/mol. The van der Waals surface area contributed by atoms with Gasteiger partial charge in [0.05, 0.1) is 22.1 Å². The van der Waals surface area contributed by atoms with Crippen molar-refractivity contribution in [2.45, 2.75) is 43.7 Å². The lowest BCUT2D eigenvalue weighted by Gasteiger charge is -2.35. The standard InChI is InChI=1S/C15H19ClF2N4OS/c1-22-7-12(20-21-22)10-4-9(5-11(19-10)15(17)18)14-8(2-3-23)6-13(16)24-14/h6-7,9-11,15,19,23H,2-5H2,1H3. The zero-order valence-electron chi connectivity index (χ0n) is 13.1. The molecule has 1 fully saturated rings. The maximum atomic E-state index is 13.4. The first-order chi connectivity index (χ1) is 11.5. The molecule has 2 N–H and O–H groups in total. The van der Waals surface area contributed by atoms with Crippen LogP contribution in [0.25, 0.3) is 0 Å². The van der Waals surface area contributed by atoms with Crippen LogP contribution in [0.4, 0.5) is 8.78 Å². The highest BCUT2D eigenvalue weighted by Crippen LogP contribution is 2.43. The van der Waals surface area contributed by atoms with Gasteiger partial charge in [0.15, 0.2) is 0 Å². The lowest BCUT2D eigenvalue weighted by Crippen LogP contribution is -2.44. The fraction of sp³-hybridized carbons (Fsp3) is 0.600. The van der Waals surface area contributed by atoms with Crippen LogP contribution in [0.5, 0.6) is 0 Å². The van der Waals surface area contributed by atoms with Gasteiger partial charge >= 0.3 is 0 Å². The molecule has 3 rings (SSSR count). The number of alkyl halides is 2. The van der Waals surface area contributed by atoms with Crippen molar-refractivity contribution in [1.82, 2.24) is 20.3 Å². The van der Waals surface area contributed by atoms with E-state index in [0.29, 0.717) is 29.3 Å². The van der Waals surface area contributed by atoms with E-state index in [1.165, 1.54) is 11.3 Å². The van der Waals surface area contributed by atoms with Gasteiger partial charge in [-0.15, -0.1) is 16.4 Å². The van der Waals surface area contributed by atoms with Crippen LogP contribution >= 0.6 is 22.9 Å². The Morgan fingerprint density at radius 3 is 2.92 bits per heavy atom. The van der Waals surface area contributed by atoms with E-state index in [4.69, 9.17) is 11.6 Å². The molecule has 0 radical (unpaired) electrons. The molecule has 3 heterocycles. The number of hydrogen-bond donors (Lipinski definition) is 2. The lowest BCUT2D eigenvalue weighted by atomic mass is 9.84. The molecule has 0 amide bonds. The molecule has 0 spiro atoms. The number of aliphatic hydroxyl groups is 1. The molecule has 132 valence electrons. The summed E-state index contributed by atoms with van der Waals surface area (Å²) in [6, 6.07) is 0.645. The molecule has 0 aromatic carbocycles. The van der Waals surface area contributed by atoms with Crippen LogP contribution in [-0.4, -0.2) is 39.2 Å². The summed E-state index contributed by atoms with van der Waals surface area (Å²) in [5.41, 5.74) is 1.62. The molecule has 5 nitrogen and oxygen atoms in total. The Balaban J connectivity index is 1.89. The molecule has 0 saturated carbocycles. The van der Waals surface area contributed by atoms with E-state index >= 15 is 0 Å². The van der Waals surface area contributed by atoms with Gasteiger partial charge in [-0.2, -0.15) is 0 Å². The molecule has 0 aliphatic carbocycles.